The number of hydrogen-bond acceptors (Lipinski definition) is 3. The van der Waals surface area contributed by atoms with Crippen molar-refractivity contribution in [2.75, 3.05) is 6.54 Å². The lowest BCUT2D eigenvalue weighted by molar-refractivity contribution is -0.0504. The van der Waals surface area contributed by atoms with E-state index in [2.05, 4.69) is 15.2 Å². The Hall–Kier alpha value is -1.95. The molecule has 0 spiro atoms. The molecule has 1 heterocycles. The number of nitrogens with one attached hydrogen (secondary N) is 1. The van der Waals surface area contributed by atoms with Gasteiger partial charge in [-0.2, -0.15) is 13.9 Å². The average molecular weight is 281 g/mol. The summed E-state index contributed by atoms with van der Waals surface area (Å²) in [5, 5.41) is 7.32. The number of rotatable bonds is 8. The van der Waals surface area contributed by atoms with Gasteiger partial charge in [0.25, 0.3) is 0 Å². The van der Waals surface area contributed by atoms with Crippen LogP contribution in [-0.4, -0.2) is 22.9 Å². The largest absolute Gasteiger partial charge is 0.434 e. The Morgan fingerprint density at radius 3 is 2.85 bits per heavy atom. The summed E-state index contributed by atoms with van der Waals surface area (Å²) in [4.78, 5) is 0. The third kappa shape index (κ3) is 4.62. The maximum Gasteiger partial charge on any atom is 0.387 e. The van der Waals surface area contributed by atoms with Crippen molar-refractivity contribution < 1.29 is 13.5 Å². The number of alkyl halides is 2. The Bertz CT molecular complexity index is 503. The van der Waals surface area contributed by atoms with Gasteiger partial charge in [-0.1, -0.05) is 18.2 Å². The highest BCUT2D eigenvalue weighted by Crippen LogP contribution is 2.19. The van der Waals surface area contributed by atoms with Crippen molar-refractivity contribution >= 4 is 0 Å². The highest BCUT2D eigenvalue weighted by Gasteiger charge is 2.08. The van der Waals surface area contributed by atoms with Crippen LogP contribution in [-0.2, 0) is 13.1 Å². The molecule has 0 atom stereocenters. The summed E-state index contributed by atoms with van der Waals surface area (Å²) in [5.41, 5.74) is 0.729. The van der Waals surface area contributed by atoms with E-state index >= 15 is 0 Å². The molecular formula is C14H17F2N3O. The van der Waals surface area contributed by atoms with Crippen molar-refractivity contribution in [3.63, 3.8) is 0 Å². The molecule has 0 amide bonds. The molecule has 20 heavy (non-hydrogen) atoms. The van der Waals surface area contributed by atoms with Crippen LogP contribution in [0.5, 0.6) is 5.75 Å². The van der Waals surface area contributed by atoms with E-state index in [1.54, 1.807) is 30.5 Å². The highest BCUT2D eigenvalue weighted by atomic mass is 19.3. The molecule has 0 radical (unpaired) electrons. The number of aromatic nitrogens is 2. The number of para-hydroxylation sites is 1. The van der Waals surface area contributed by atoms with Crippen molar-refractivity contribution in [1.29, 1.82) is 0 Å². The van der Waals surface area contributed by atoms with Crippen LogP contribution < -0.4 is 10.1 Å². The summed E-state index contributed by atoms with van der Waals surface area (Å²) >= 11 is 0. The smallest absolute Gasteiger partial charge is 0.387 e. The lowest BCUT2D eigenvalue weighted by Crippen LogP contribution is -2.17. The molecular weight excluding hydrogens is 264 g/mol. The lowest BCUT2D eigenvalue weighted by atomic mass is 10.2. The van der Waals surface area contributed by atoms with Crippen LogP contribution in [0, 0.1) is 0 Å². The van der Waals surface area contributed by atoms with Gasteiger partial charge in [0.2, 0.25) is 0 Å². The van der Waals surface area contributed by atoms with E-state index in [4.69, 9.17) is 0 Å². The van der Waals surface area contributed by atoms with Crippen LogP contribution in [0.25, 0.3) is 0 Å². The van der Waals surface area contributed by atoms with E-state index in [9.17, 15) is 8.78 Å². The molecule has 0 bridgehead atoms. The first-order valence-corrected chi connectivity index (χ1v) is 6.46. The van der Waals surface area contributed by atoms with Gasteiger partial charge in [0.05, 0.1) is 0 Å². The molecule has 0 aliphatic rings. The predicted molar refractivity (Wildman–Crippen MR) is 71.6 cm³/mol. The average Bonchev–Trinajstić information content (AvgIpc) is 2.93. The van der Waals surface area contributed by atoms with Crippen LogP contribution in [0.15, 0.2) is 42.7 Å². The third-order valence-electron chi connectivity index (χ3n) is 2.80. The molecule has 0 aliphatic heterocycles. The Morgan fingerprint density at radius 2 is 2.10 bits per heavy atom. The number of ether oxygens (including phenoxy) is 1. The van der Waals surface area contributed by atoms with E-state index in [-0.39, 0.29) is 5.75 Å². The van der Waals surface area contributed by atoms with E-state index in [1.165, 1.54) is 0 Å². The highest BCUT2D eigenvalue weighted by molar-refractivity contribution is 5.33. The fourth-order valence-electron chi connectivity index (χ4n) is 1.88. The minimum Gasteiger partial charge on any atom is -0.434 e. The SMILES string of the molecule is FC(F)Oc1ccccc1CNCCCn1cccn1. The van der Waals surface area contributed by atoms with Gasteiger partial charge >= 0.3 is 6.61 Å². The molecule has 4 nitrogen and oxygen atoms in total. The normalized spacial score (nSPS) is 10.9. The van der Waals surface area contributed by atoms with Crippen molar-refractivity contribution in [2.45, 2.75) is 26.1 Å². The maximum atomic E-state index is 12.2. The molecule has 1 N–H and O–H groups in total. The van der Waals surface area contributed by atoms with Gasteiger partial charge < -0.3 is 10.1 Å². The Kier molecular flexibility index (Phi) is 5.49. The molecule has 0 unspecified atom stereocenters. The second-order valence-corrected chi connectivity index (χ2v) is 4.29. The van der Waals surface area contributed by atoms with Crippen molar-refractivity contribution in [2.24, 2.45) is 0 Å². The Labute approximate surface area is 116 Å². The van der Waals surface area contributed by atoms with Gasteiger partial charge in [0.15, 0.2) is 0 Å². The number of aryl methyl sites for hydroxylation is 1. The molecule has 6 heteroatoms. The second-order valence-electron chi connectivity index (χ2n) is 4.29. The molecule has 2 rings (SSSR count). The summed E-state index contributed by atoms with van der Waals surface area (Å²) < 4.78 is 30.8. The first-order chi connectivity index (χ1) is 9.75. The van der Waals surface area contributed by atoms with Gasteiger partial charge in [0, 0.05) is 31.0 Å². The molecule has 0 saturated heterocycles. The van der Waals surface area contributed by atoms with Crippen LogP contribution in [0.3, 0.4) is 0 Å². The minimum absolute atomic E-state index is 0.224. The zero-order valence-corrected chi connectivity index (χ0v) is 11.0. The van der Waals surface area contributed by atoms with Gasteiger partial charge in [-0.15, -0.1) is 0 Å². The number of benzene rings is 1. The zero-order chi connectivity index (χ0) is 14.2. The van der Waals surface area contributed by atoms with Crippen molar-refractivity contribution in [3.05, 3.63) is 48.3 Å². The van der Waals surface area contributed by atoms with E-state index in [1.807, 2.05) is 16.9 Å². The van der Waals surface area contributed by atoms with E-state index in [0.29, 0.717) is 6.54 Å². The quantitative estimate of drug-likeness (QED) is 0.756. The second kappa shape index (κ2) is 7.59. The summed E-state index contributed by atoms with van der Waals surface area (Å²) in [6.07, 6.45) is 4.57. The molecule has 2 aromatic rings. The summed E-state index contributed by atoms with van der Waals surface area (Å²) in [7, 11) is 0. The Morgan fingerprint density at radius 1 is 1.25 bits per heavy atom. The summed E-state index contributed by atoms with van der Waals surface area (Å²) in [6.45, 7) is -0.684. The standard InChI is InChI=1S/C14H17F2N3O/c15-14(16)20-13-6-2-1-5-12(13)11-17-7-3-9-19-10-4-8-18-19/h1-2,4-6,8,10,14,17H,3,7,9,11H2. The Balaban J connectivity index is 1.73. The monoisotopic (exact) mass is 281 g/mol. The first-order valence-electron chi connectivity index (χ1n) is 6.46. The van der Waals surface area contributed by atoms with Gasteiger partial charge in [-0.25, -0.2) is 0 Å². The predicted octanol–water partition coefficient (Wildman–Crippen LogP) is 2.66. The van der Waals surface area contributed by atoms with Crippen LogP contribution in [0.2, 0.25) is 0 Å². The van der Waals surface area contributed by atoms with Crippen molar-refractivity contribution in [1.82, 2.24) is 15.1 Å². The lowest BCUT2D eigenvalue weighted by Gasteiger charge is -2.11. The summed E-state index contributed by atoms with van der Waals surface area (Å²) in [5.74, 6) is 0.224. The van der Waals surface area contributed by atoms with E-state index < -0.39 is 6.61 Å². The van der Waals surface area contributed by atoms with E-state index in [0.717, 1.165) is 25.1 Å². The fraction of sp³-hybridized carbons (Fsp3) is 0.357. The number of nitrogens with zero attached hydrogens (tertiary/aromatic N) is 2. The third-order valence-corrected chi connectivity index (χ3v) is 2.80. The summed E-state index contributed by atoms with van der Waals surface area (Å²) in [6, 6.07) is 8.69. The zero-order valence-electron chi connectivity index (χ0n) is 11.0. The van der Waals surface area contributed by atoms with Gasteiger partial charge in [-0.05, 0) is 25.1 Å². The topological polar surface area (TPSA) is 39.1 Å². The minimum atomic E-state index is -2.80. The fourth-order valence-corrected chi connectivity index (χ4v) is 1.88. The first kappa shape index (κ1) is 14.5. The molecule has 1 aromatic carbocycles. The van der Waals surface area contributed by atoms with Crippen LogP contribution in [0.1, 0.15) is 12.0 Å². The maximum absolute atomic E-state index is 12.2. The molecule has 108 valence electrons. The molecule has 0 fully saturated rings. The number of halogens is 2. The van der Waals surface area contributed by atoms with Crippen molar-refractivity contribution in [3.8, 4) is 5.75 Å². The molecule has 0 aliphatic carbocycles. The molecule has 1 aromatic heterocycles. The molecule has 0 saturated carbocycles. The number of hydrogen-bond donors (Lipinski definition) is 1. The van der Waals surface area contributed by atoms with Gasteiger partial charge in [0.1, 0.15) is 5.75 Å². The van der Waals surface area contributed by atoms with Crippen LogP contribution in [0.4, 0.5) is 8.78 Å². The van der Waals surface area contributed by atoms with Gasteiger partial charge in [-0.3, -0.25) is 4.68 Å². The van der Waals surface area contributed by atoms with Crippen LogP contribution >= 0.6 is 0 Å².